The zero-order valence-electron chi connectivity index (χ0n) is 11.8. The van der Waals surface area contributed by atoms with Crippen LogP contribution in [0.2, 0.25) is 5.02 Å². The van der Waals surface area contributed by atoms with Gasteiger partial charge in [0.25, 0.3) is 0 Å². The smallest absolute Gasteiger partial charge is 0.0642 e. The largest absolute Gasteiger partial charge is 0.396 e. The summed E-state index contributed by atoms with van der Waals surface area (Å²) in [5.74, 6) is 0.385. The molecule has 0 radical (unpaired) electrons. The molecule has 1 atom stereocenters. The molecular weight excluding hydrogens is 272 g/mol. The zero-order valence-corrected chi connectivity index (χ0v) is 12.6. The molecule has 1 aliphatic carbocycles. The predicted molar refractivity (Wildman–Crippen MR) is 83.3 cm³/mol. The highest BCUT2D eigenvalue weighted by Gasteiger charge is 2.22. The van der Waals surface area contributed by atoms with Crippen LogP contribution >= 0.6 is 11.6 Å². The van der Waals surface area contributed by atoms with Crippen LogP contribution in [0.4, 0.5) is 5.69 Å². The van der Waals surface area contributed by atoms with Gasteiger partial charge in [0.1, 0.15) is 0 Å². The molecule has 1 saturated heterocycles. The summed E-state index contributed by atoms with van der Waals surface area (Å²) < 4.78 is 0. The Morgan fingerprint density at radius 2 is 2.15 bits per heavy atom. The molecule has 0 amide bonds. The van der Waals surface area contributed by atoms with Gasteiger partial charge in [-0.05, 0) is 49.3 Å². The summed E-state index contributed by atoms with van der Waals surface area (Å²) in [6, 6.07) is 7.10. The van der Waals surface area contributed by atoms with Crippen molar-refractivity contribution in [2.45, 2.75) is 38.3 Å². The maximum atomic E-state index is 9.33. The van der Waals surface area contributed by atoms with E-state index in [1.165, 1.54) is 18.4 Å². The number of hydrogen-bond donors (Lipinski definition) is 2. The Kier molecular flexibility index (Phi) is 4.49. The van der Waals surface area contributed by atoms with Crippen LogP contribution in [0.3, 0.4) is 0 Å². The zero-order chi connectivity index (χ0) is 13.9. The van der Waals surface area contributed by atoms with Crippen LogP contribution in [-0.4, -0.2) is 30.8 Å². The molecule has 1 unspecified atom stereocenters. The summed E-state index contributed by atoms with van der Waals surface area (Å²) in [4.78, 5) is 2.31. The summed E-state index contributed by atoms with van der Waals surface area (Å²) in [7, 11) is 0. The Balaban J connectivity index is 1.66. The summed E-state index contributed by atoms with van der Waals surface area (Å²) >= 11 is 6.45. The molecule has 1 aromatic rings. The first-order valence-corrected chi connectivity index (χ1v) is 8.01. The fourth-order valence-electron chi connectivity index (χ4n) is 2.90. The number of halogens is 1. The third-order valence-corrected chi connectivity index (χ3v) is 4.60. The number of aliphatic hydroxyl groups excluding tert-OH is 1. The maximum absolute atomic E-state index is 9.33. The fraction of sp³-hybridized carbons (Fsp3) is 0.625. The summed E-state index contributed by atoms with van der Waals surface area (Å²) in [5.41, 5.74) is 2.36. The van der Waals surface area contributed by atoms with E-state index in [2.05, 4.69) is 28.4 Å². The number of benzene rings is 1. The van der Waals surface area contributed by atoms with Gasteiger partial charge in [-0.3, -0.25) is 0 Å². The van der Waals surface area contributed by atoms with Crippen molar-refractivity contribution in [1.29, 1.82) is 0 Å². The van der Waals surface area contributed by atoms with Crippen LogP contribution in [0.1, 0.15) is 31.2 Å². The lowest BCUT2D eigenvalue weighted by Gasteiger charge is -2.34. The molecule has 1 aromatic carbocycles. The van der Waals surface area contributed by atoms with Gasteiger partial charge in [-0.15, -0.1) is 0 Å². The Morgan fingerprint density at radius 1 is 1.30 bits per heavy atom. The molecule has 1 heterocycles. The van der Waals surface area contributed by atoms with E-state index in [1.54, 1.807) is 0 Å². The van der Waals surface area contributed by atoms with E-state index in [0.29, 0.717) is 5.92 Å². The highest BCUT2D eigenvalue weighted by molar-refractivity contribution is 6.33. The fourth-order valence-corrected chi connectivity index (χ4v) is 3.22. The second kappa shape index (κ2) is 6.33. The molecule has 0 spiro atoms. The van der Waals surface area contributed by atoms with Crippen molar-refractivity contribution in [3.63, 3.8) is 0 Å². The van der Waals surface area contributed by atoms with Crippen LogP contribution in [0, 0.1) is 5.92 Å². The first-order chi connectivity index (χ1) is 9.76. The van der Waals surface area contributed by atoms with Gasteiger partial charge in [0.15, 0.2) is 0 Å². The van der Waals surface area contributed by atoms with E-state index in [4.69, 9.17) is 11.6 Å². The Labute approximate surface area is 125 Å². The van der Waals surface area contributed by atoms with Crippen LogP contribution in [0.5, 0.6) is 0 Å². The molecule has 3 nitrogen and oxygen atoms in total. The maximum Gasteiger partial charge on any atom is 0.0642 e. The van der Waals surface area contributed by atoms with Gasteiger partial charge in [0.05, 0.1) is 10.7 Å². The van der Waals surface area contributed by atoms with E-state index in [1.807, 2.05) is 0 Å². The van der Waals surface area contributed by atoms with E-state index in [-0.39, 0.29) is 6.61 Å². The average molecular weight is 295 g/mol. The van der Waals surface area contributed by atoms with Crippen molar-refractivity contribution in [2.75, 3.05) is 24.6 Å². The normalized spacial score (nSPS) is 23.1. The first kappa shape index (κ1) is 14.2. The van der Waals surface area contributed by atoms with Crippen LogP contribution in [0.15, 0.2) is 18.2 Å². The van der Waals surface area contributed by atoms with E-state index in [0.717, 1.165) is 49.2 Å². The SMILES string of the molecule is OCC1CCCN(c2ccc(CNC3CC3)cc2Cl)C1. The molecule has 1 aliphatic heterocycles. The Hall–Kier alpha value is -0.770. The quantitative estimate of drug-likeness (QED) is 0.876. The average Bonchev–Trinajstić information content (AvgIpc) is 3.29. The predicted octanol–water partition coefficient (Wildman–Crippen LogP) is 2.80. The standard InChI is InChI=1S/C16H23ClN2O/c17-15-8-12(9-18-14-4-5-14)3-6-16(15)19-7-1-2-13(10-19)11-20/h3,6,8,13-14,18,20H,1-2,4-5,7,9-11H2. The van der Waals surface area contributed by atoms with Gasteiger partial charge >= 0.3 is 0 Å². The lowest BCUT2D eigenvalue weighted by Crippen LogP contribution is -2.36. The van der Waals surface area contributed by atoms with Gasteiger partial charge in [-0.2, -0.15) is 0 Å². The van der Waals surface area contributed by atoms with Crippen molar-refractivity contribution < 1.29 is 5.11 Å². The van der Waals surface area contributed by atoms with Gasteiger partial charge < -0.3 is 15.3 Å². The Morgan fingerprint density at radius 3 is 2.85 bits per heavy atom. The first-order valence-electron chi connectivity index (χ1n) is 7.64. The van der Waals surface area contributed by atoms with Crippen molar-refractivity contribution in [1.82, 2.24) is 5.32 Å². The third-order valence-electron chi connectivity index (χ3n) is 4.30. The second-order valence-electron chi connectivity index (χ2n) is 6.08. The highest BCUT2D eigenvalue weighted by Crippen LogP contribution is 2.30. The summed E-state index contributed by atoms with van der Waals surface area (Å²) in [6.45, 7) is 3.13. The van der Waals surface area contributed by atoms with Crippen molar-refractivity contribution in [3.8, 4) is 0 Å². The van der Waals surface area contributed by atoms with Crippen molar-refractivity contribution >= 4 is 17.3 Å². The molecule has 0 bridgehead atoms. The second-order valence-corrected chi connectivity index (χ2v) is 6.48. The van der Waals surface area contributed by atoms with Crippen LogP contribution in [-0.2, 0) is 6.54 Å². The number of hydrogen-bond acceptors (Lipinski definition) is 3. The van der Waals surface area contributed by atoms with Gasteiger partial charge in [-0.1, -0.05) is 17.7 Å². The minimum Gasteiger partial charge on any atom is -0.396 e. The molecular formula is C16H23ClN2O. The van der Waals surface area contributed by atoms with Crippen LogP contribution < -0.4 is 10.2 Å². The van der Waals surface area contributed by atoms with E-state index >= 15 is 0 Å². The number of piperidine rings is 1. The highest BCUT2D eigenvalue weighted by atomic mass is 35.5. The molecule has 0 aromatic heterocycles. The monoisotopic (exact) mass is 294 g/mol. The summed E-state index contributed by atoms with van der Waals surface area (Å²) in [6.07, 6.45) is 4.87. The minimum atomic E-state index is 0.275. The lowest BCUT2D eigenvalue weighted by molar-refractivity contribution is 0.209. The topological polar surface area (TPSA) is 35.5 Å². The van der Waals surface area contributed by atoms with Gasteiger partial charge in [0, 0.05) is 32.3 Å². The molecule has 3 rings (SSSR count). The van der Waals surface area contributed by atoms with Crippen molar-refractivity contribution in [3.05, 3.63) is 28.8 Å². The molecule has 4 heteroatoms. The number of aliphatic hydroxyl groups is 1. The molecule has 2 N–H and O–H groups in total. The minimum absolute atomic E-state index is 0.275. The summed E-state index contributed by atoms with van der Waals surface area (Å²) in [5, 5.41) is 13.7. The lowest BCUT2D eigenvalue weighted by atomic mass is 9.98. The van der Waals surface area contributed by atoms with Gasteiger partial charge in [0.2, 0.25) is 0 Å². The van der Waals surface area contributed by atoms with E-state index in [9.17, 15) is 5.11 Å². The van der Waals surface area contributed by atoms with Gasteiger partial charge in [-0.25, -0.2) is 0 Å². The molecule has 2 aliphatic rings. The number of rotatable bonds is 5. The molecule has 20 heavy (non-hydrogen) atoms. The molecule has 1 saturated carbocycles. The molecule has 2 fully saturated rings. The number of nitrogens with zero attached hydrogens (tertiary/aromatic N) is 1. The number of nitrogens with one attached hydrogen (secondary N) is 1. The Bertz CT molecular complexity index is 462. The number of anilines is 1. The molecule has 110 valence electrons. The van der Waals surface area contributed by atoms with E-state index < -0.39 is 0 Å². The van der Waals surface area contributed by atoms with Crippen LogP contribution in [0.25, 0.3) is 0 Å². The third kappa shape index (κ3) is 3.46. The van der Waals surface area contributed by atoms with Crippen molar-refractivity contribution in [2.24, 2.45) is 5.92 Å².